The third-order valence-electron chi connectivity index (χ3n) is 9.95. The van der Waals surface area contributed by atoms with Crippen LogP contribution in [0, 0.1) is 0 Å². The van der Waals surface area contributed by atoms with Crippen molar-refractivity contribution in [3.05, 3.63) is 87.4 Å². The number of ether oxygens (including phenoxy) is 2. The maximum atomic E-state index is 11.8. The molecule has 2 atom stereocenters. The summed E-state index contributed by atoms with van der Waals surface area (Å²) < 4.78 is 11.6. The van der Waals surface area contributed by atoms with Gasteiger partial charge >= 0.3 is 0 Å². The van der Waals surface area contributed by atoms with Crippen molar-refractivity contribution in [2.45, 2.75) is 57.3 Å². The maximum absolute atomic E-state index is 11.8. The number of benzene rings is 3. The molecule has 2 amide bonds. The van der Waals surface area contributed by atoms with E-state index in [1.807, 2.05) is 48.5 Å². The van der Waals surface area contributed by atoms with Gasteiger partial charge in [0.2, 0.25) is 17.7 Å². The van der Waals surface area contributed by atoms with E-state index in [2.05, 4.69) is 33.0 Å². The second-order valence-electron chi connectivity index (χ2n) is 13.2. The molecule has 0 saturated carbocycles. The first-order chi connectivity index (χ1) is 24.3. The Balaban J connectivity index is 1.14. The van der Waals surface area contributed by atoms with Gasteiger partial charge in [0.15, 0.2) is 0 Å². The van der Waals surface area contributed by atoms with Crippen LogP contribution in [0.1, 0.15) is 42.4 Å². The van der Waals surface area contributed by atoms with E-state index in [1.165, 1.54) is 11.1 Å². The molecule has 50 heavy (non-hydrogen) atoms. The van der Waals surface area contributed by atoms with Crippen LogP contribution in [-0.4, -0.2) is 67.6 Å². The predicted octanol–water partition coefficient (Wildman–Crippen LogP) is 6.41. The van der Waals surface area contributed by atoms with Gasteiger partial charge in [-0.1, -0.05) is 65.7 Å². The number of halogens is 2. The van der Waals surface area contributed by atoms with Gasteiger partial charge in [0.05, 0.1) is 30.0 Å². The van der Waals surface area contributed by atoms with Crippen LogP contribution in [0.25, 0.3) is 33.5 Å². The molecule has 0 spiro atoms. The van der Waals surface area contributed by atoms with Gasteiger partial charge in [0.1, 0.15) is 5.75 Å². The van der Waals surface area contributed by atoms with E-state index in [4.69, 9.17) is 37.7 Å². The molecule has 3 aromatic carbocycles. The number of fused-ring (bicyclic) bond motifs is 1. The molecule has 7 rings (SSSR count). The number of rotatable bonds is 11. The Hall–Kier alpha value is -4.15. The minimum atomic E-state index is 0.103. The standard InChI is InChI=1S/C39H41Cl2N5O4/c1-49-34-18-24(17-25-21-46(16-15-28(25)34)22-27-11-14-36(48)44-27)29-5-3-6-30(37(29)40)31-7-4-8-32(38(31)41)33-12-9-23(39(45-33)50-2)19-42-20-26-10-13-35(47)43-26/h3-9,12,17-18,26-27,42H,10-11,13-16,19-22H2,1-2H3,(H,43,47)(H,44,48)/t26-,27+/m0/s1. The summed E-state index contributed by atoms with van der Waals surface area (Å²) >= 11 is 14.4. The zero-order valence-electron chi connectivity index (χ0n) is 28.3. The molecule has 2 fully saturated rings. The lowest BCUT2D eigenvalue weighted by Gasteiger charge is -2.32. The summed E-state index contributed by atoms with van der Waals surface area (Å²) in [4.78, 5) is 30.5. The summed E-state index contributed by atoms with van der Waals surface area (Å²) in [5.74, 6) is 1.62. The summed E-state index contributed by atoms with van der Waals surface area (Å²) in [7, 11) is 3.32. The van der Waals surface area contributed by atoms with Crippen molar-refractivity contribution >= 4 is 35.0 Å². The fourth-order valence-corrected chi connectivity index (χ4v) is 8.04. The molecular weight excluding hydrogens is 673 g/mol. The molecule has 3 aliphatic heterocycles. The van der Waals surface area contributed by atoms with Gasteiger partial charge in [0, 0.05) is 85.5 Å². The normalized spacial score (nSPS) is 18.9. The van der Waals surface area contributed by atoms with Gasteiger partial charge in [-0.15, -0.1) is 0 Å². The number of methoxy groups -OCH3 is 2. The topological polar surface area (TPSA) is 105 Å². The number of carbonyl (C=O) groups excluding carboxylic acids is 2. The van der Waals surface area contributed by atoms with Crippen LogP contribution in [0.4, 0.5) is 0 Å². The van der Waals surface area contributed by atoms with Gasteiger partial charge in [0.25, 0.3) is 0 Å². The number of nitrogens with one attached hydrogen (secondary N) is 3. The number of hydrogen-bond donors (Lipinski definition) is 3. The average Bonchev–Trinajstić information content (AvgIpc) is 3.74. The van der Waals surface area contributed by atoms with Crippen molar-refractivity contribution in [1.29, 1.82) is 0 Å². The summed E-state index contributed by atoms with van der Waals surface area (Å²) in [6.45, 7) is 3.78. The summed E-state index contributed by atoms with van der Waals surface area (Å²) in [5, 5.41) is 10.6. The van der Waals surface area contributed by atoms with Crippen LogP contribution in [-0.2, 0) is 29.1 Å². The van der Waals surface area contributed by atoms with E-state index in [0.717, 1.165) is 78.0 Å². The lowest BCUT2D eigenvalue weighted by molar-refractivity contribution is -0.120. The van der Waals surface area contributed by atoms with Crippen molar-refractivity contribution in [1.82, 2.24) is 25.8 Å². The molecule has 0 bridgehead atoms. The molecule has 3 aliphatic rings. The van der Waals surface area contributed by atoms with Gasteiger partial charge in [-0.2, -0.15) is 0 Å². The first kappa shape index (κ1) is 34.3. The van der Waals surface area contributed by atoms with Crippen molar-refractivity contribution in [3.63, 3.8) is 0 Å². The zero-order valence-corrected chi connectivity index (χ0v) is 29.8. The first-order valence-corrected chi connectivity index (χ1v) is 17.9. The monoisotopic (exact) mass is 713 g/mol. The number of pyridine rings is 1. The Morgan fingerprint density at radius 1 is 0.840 bits per heavy atom. The highest BCUT2D eigenvalue weighted by Crippen LogP contribution is 2.44. The summed E-state index contributed by atoms with van der Waals surface area (Å²) in [6, 6.07) is 20.5. The van der Waals surface area contributed by atoms with Gasteiger partial charge in [-0.3, -0.25) is 14.5 Å². The number of aromatic nitrogens is 1. The second kappa shape index (κ2) is 15.0. The molecule has 1 aromatic heterocycles. The fraction of sp³-hybridized carbons (Fsp3) is 0.359. The average molecular weight is 715 g/mol. The van der Waals surface area contributed by atoms with Crippen molar-refractivity contribution in [2.75, 3.05) is 33.9 Å². The van der Waals surface area contributed by atoms with E-state index in [-0.39, 0.29) is 23.9 Å². The summed E-state index contributed by atoms with van der Waals surface area (Å²) in [5.41, 5.74) is 8.28. The van der Waals surface area contributed by atoms with E-state index in [1.54, 1.807) is 14.2 Å². The second-order valence-corrected chi connectivity index (χ2v) is 14.0. The van der Waals surface area contributed by atoms with Crippen LogP contribution < -0.4 is 25.4 Å². The largest absolute Gasteiger partial charge is 0.496 e. The lowest BCUT2D eigenvalue weighted by atomic mass is 9.91. The van der Waals surface area contributed by atoms with E-state index in [0.29, 0.717) is 47.6 Å². The number of carbonyl (C=O) groups is 2. The van der Waals surface area contributed by atoms with Gasteiger partial charge in [-0.25, -0.2) is 4.98 Å². The molecule has 0 radical (unpaired) electrons. The van der Waals surface area contributed by atoms with Gasteiger partial charge < -0.3 is 25.4 Å². The molecule has 0 unspecified atom stereocenters. The van der Waals surface area contributed by atoms with Crippen LogP contribution in [0.15, 0.2) is 60.7 Å². The quantitative estimate of drug-likeness (QED) is 0.165. The third kappa shape index (κ3) is 7.19. The van der Waals surface area contributed by atoms with E-state index < -0.39 is 0 Å². The molecule has 4 aromatic rings. The first-order valence-electron chi connectivity index (χ1n) is 17.1. The lowest BCUT2D eigenvalue weighted by Crippen LogP contribution is -2.41. The summed E-state index contributed by atoms with van der Waals surface area (Å²) in [6.07, 6.45) is 3.78. The van der Waals surface area contributed by atoms with Crippen LogP contribution in [0.2, 0.25) is 10.0 Å². The van der Waals surface area contributed by atoms with Crippen LogP contribution in [0.3, 0.4) is 0 Å². The number of nitrogens with zero attached hydrogens (tertiary/aromatic N) is 2. The highest BCUT2D eigenvalue weighted by atomic mass is 35.5. The van der Waals surface area contributed by atoms with Crippen molar-refractivity contribution < 1.29 is 19.1 Å². The highest BCUT2D eigenvalue weighted by Gasteiger charge is 2.27. The van der Waals surface area contributed by atoms with Crippen LogP contribution in [0.5, 0.6) is 11.6 Å². The van der Waals surface area contributed by atoms with E-state index in [9.17, 15) is 9.59 Å². The molecule has 9 nitrogen and oxygen atoms in total. The minimum Gasteiger partial charge on any atom is -0.496 e. The third-order valence-corrected chi connectivity index (χ3v) is 10.8. The Bertz CT molecular complexity index is 1940. The van der Waals surface area contributed by atoms with Crippen LogP contribution >= 0.6 is 23.2 Å². The maximum Gasteiger partial charge on any atom is 0.220 e. The van der Waals surface area contributed by atoms with Crippen molar-refractivity contribution in [3.8, 4) is 45.1 Å². The predicted molar refractivity (Wildman–Crippen MR) is 197 cm³/mol. The SMILES string of the molecule is COc1cc(-c2cccc(-c3cccc(-c4ccc(CNC[C@@H]5CCC(=O)N5)c(OC)n4)c3Cl)c2Cl)cc2c1CCN(C[C@H]1CCC(=O)N1)C2. The Morgan fingerprint density at radius 3 is 2.20 bits per heavy atom. The van der Waals surface area contributed by atoms with E-state index >= 15 is 0 Å². The molecule has 260 valence electrons. The van der Waals surface area contributed by atoms with Gasteiger partial charge in [-0.05, 0) is 54.2 Å². The Morgan fingerprint density at radius 2 is 1.52 bits per heavy atom. The fourth-order valence-electron chi connectivity index (χ4n) is 7.38. The Labute approximate surface area is 302 Å². The minimum absolute atomic E-state index is 0.103. The zero-order chi connectivity index (χ0) is 34.8. The Kier molecular flexibility index (Phi) is 10.3. The smallest absolute Gasteiger partial charge is 0.220 e. The highest BCUT2D eigenvalue weighted by molar-refractivity contribution is 6.39. The molecule has 2 saturated heterocycles. The number of hydrogen-bond acceptors (Lipinski definition) is 7. The molecule has 3 N–H and O–H groups in total. The molecule has 0 aliphatic carbocycles. The molecular formula is C39H41Cl2N5O4. The molecule has 4 heterocycles. The number of amides is 2. The van der Waals surface area contributed by atoms with Crippen molar-refractivity contribution in [2.24, 2.45) is 0 Å². The molecule has 11 heteroatoms.